The summed E-state index contributed by atoms with van der Waals surface area (Å²) in [6.07, 6.45) is 2.56. The minimum Gasteiger partial charge on any atom is -0.343 e. The molecule has 0 spiro atoms. The number of likely N-dealkylation sites (tertiary alicyclic amines) is 1. The Kier molecular flexibility index (Phi) is 6.17. The number of imide groups is 1. The van der Waals surface area contributed by atoms with Gasteiger partial charge in [-0.1, -0.05) is 0 Å². The minimum atomic E-state index is -3.29. The van der Waals surface area contributed by atoms with E-state index in [1.54, 1.807) is 4.90 Å². The van der Waals surface area contributed by atoms with Gasteiger partial charge in [-0.2, -0.15) is 0 Å². The van der Waals surface area contributed by atoms with Crippen molar-refractivity contribution in [2.24, 2.45) is 0 Å². The number of hydrogen-bond acceptors (Lipinski definition) is 7. The van der Waals surface area contributed by atoms with E-state index in [-0.39, 0.29) is 48.1 Å². The molecule has 30 heavy (non-hydrogen) atoms. The van der Waals surface area contributed by atoms with Crippen molar-refractivity contribution >= 4 is 33.4 Å². The molecule has 0 atom stereocenters. The van der Waals surface area contributed by atoms with Crippen LogP contribution in [0.5, 0.6) is 0 Å². The molecule has 3 amide bonds. The third-order valence-electron chi connectivity index (χ3n) is 5.17. The summed E-state index contributed by atoms with van der Waals surface area (Å²) < 4.78 is 25.1. The number of carbonyl (C=O) groups excluding carboxylic acids is 3. The molecular formula is C18H22N4O7S. The Balaban J connectivity index is 1.50. The molecule has 162 valence electrons. The molecule has 12 heteroatoms. The molecule has 1 fully saturated rings. The number of benzene rings is 1. The van der Waals surface area contributed by atoms with E-state index in [1.165, 1.54) is 12.1 Å². The third-order valence-corrected chi connectivity index (χ3v) is 5.93. The van der Waals surface area contributed by atoms with Gasteiger partial charge in [0, 0.05) is 44.2 Å². The van der Waals surface area contributed by atoms with Crippen LogP contribution in [0.15, 0.2) is 18.2 Å². The van der Waals surface area contributed by atoms with Gasteiger partial charge in [-0.3, -0.25) is 29.4 Å². The Hall–Kier alpha value is -2.86. The smallest absolute Gasteiger partial charge is 0.270 e. The first-order valence-electron chi connectivity index (χ1n) is 9.46. The van der Waals surface area contributed by atoms with Crippen LogP contribution in [0.4, 0.5) is 5.69 Å². The van der Waals surface area contributed by atoms with Gasteiger partial charge < -0.3 is 4.90 Å². The van der Waals surface area contributed by atoms with E-state index >= 15 is 0 Å². The Morgan fingerprint density at radius 2 is 1.83 bits per heavy atom. The van der Waals surface area contributed by atoms with Gasteiger partial charge in [-0.25, -0.2) is 13.1 Å². The fourth-order valence-corrected chi connectivity index (χ4v) is 4.53. The number of nitro benzene ring substituents is 1. The Morgan fingerprint density at radius 3 is 2.43 bits per heavy atom. The second-order valence-corrected chi connectivity index (χ2v) is 9.18. The number of hydrogen-bond donors (Lipinski definition) is 1. The van der Waals surface area contributed by atoms with Crippen molar-refractivity contribution in [1.82, 2.24) is 14.5 Å². The number of piperidine rings is 1. The second kappa shape index (κ2) is 8.48. The van der Waals surface area contributed by atoms with Crippen LogP contribution < -0.4 is 4.72 Å². The number of non-ortho nitro benzene ring substituents is 1. The van der Waals surface area contributed by atoms with E-state index in [1.807, 2.05) is 0 Å². The number of rotatable bonds is 7. The summed E-state index contributed by atoms with van der Waals surface area (Å²) in [6, 6.07) is 3.36. The van der Waals surface area contributed by atoms with Crippen molar-refractivity contribution in [3.8, 4) is 0 Å². The molecule has 0 saturated carbocycles. The van der Waals surface area contributed by atoms with Gasteiger partial charge >= 0.3 is 0 Å². The van der Waals surface area contributed by atoms with Crippen LogP contribution in [0.3, 0.4) is 0 Å². The van der Waals surface area contributed by atoms with Crippen LogP contribution in [0.1, 0.15) is 46.4 Å². The number of nitrogens with zero attached hydrogens (tertiary/aromatic N) is 3. The summed E-state index contributed by atoms with van der Waals surface area (Å²) in [5.74, 6) is -1.25. The van der Waals surface area contributed by atoms with Gasteiger partial charge in [0.25, 0.3) is 17.5 Å². The Labute approximate surface area is 173 Å². The molecule has 1 aromatic rings. The fourth-order valence-electron chi connectivity index (χ4n) is 3.69. The average Bonchev–Trinajstić information content (AvgIpc) is 2.91. The fraction of sp³-hybridized carbons (Fsp3) is 0.500. The summed E-state index contributed by atoms with van der Waals surface area (Å²) >= 11 is 0. The summed E-state index contributed by atoms with van der Waals surface area (Å²) in [4.78, 5) is 50.1. The van der Waals surface area contributed by atoms with Crippen LogP contribution in [0.2, 0.25) is 0 Å². The Bertz CT molecular complexity index is 1000. The monoisotopic (exact) mass is 438 g/mol. The molecule has 1 saturated heterocycles. The standard InChI is InChI=1S/C18H22N4O7S/c1-30(28,29)19-12-6-9-20(10-7-12)16(23)3-2-8-21-17(24)14-5-4-13(22(26)27)11-15(14)18(21)25/h4-5,11-12,19H,2-3,6-10H2,1H3. The lowest BCUT2D eigenvalue weighted by atomic mass is 10.1. The van der Waals surface area contributed by atoms with Gasteiger partial charge in [0.2, 0.25) is 15.9 Å². The molecule has 2 aliphatic rings. The van der Waals surface area contributed by atoms with E-state index in [4.69, 9.17) is 0 Å². The normalized spacial score (nSPS) is 17.4. The molecule has 1 N–H and O–H groups in total. The third kappa shape index (κ3) is 4.82. The predicted octanol–water partition coefficient (Wildman–Crippen LogP) is 0.511. The molecule has 0 radical (unpaired) electrons. The van der Waals surface area contributed by atoms with E-state index in [0.29, 0.717) is 25.9 Å². The molecule has 3 rings (SSSR count). The molecule has 11 nitrogen and oxygen atoms in total. The molecule has 0 bridgehead atoms. The van der Waals surface area contributed by atoms with E-state index in [0.717, 1.165) is 17.2 Å². The second-order valence-electron chi connectivity index (χ2n) is 7.40. The summed E-state index contributed by atoms with van der Waals surface area (Å²) in [7, 11) is -3.29. The molecule has 2 aliphatic heterocycles. The zero-order valence-corrected chi connectivity index (χ0v) is 17.2. The molecule has 0 aromatic heterocycles. The average molecular weight is 438 g/mol. The van der Waals surface area contributed by atoms with Crippen molar-refractivity contribution in [2.75, 3.05) is 25.9 Å². The first-order valence-corrected chi connectivity index (χ1v) is 11.4. The number of carbonyl (C=O) groups is 3. The molecule has 0 aliphatic carbocycles. The maximum Gasteiger partial charge on any atom is 0.270 e. The van der Waals surface area contributed by atoms with E-state index in [9.17, 15) is 32.9 Å². The molecule has 1 aromatic carbocycles. The molecule has 0 unspecified atom stereocenters. The number of nitro groups is 1. The van der Waals surface area contributed by atoms with E-state index in [2.05, 4.69) is 4.72 Å². The lowest BCUT2D eigenvalue weighted by Crippen LogP contribution is -2.46. The van der Waals surface area contributed by atoms with Crippen molar-refractivity contribution in [3.63, 3.8) is 0 Å². The van der Waals surface area contributed by atoms with Crippen molar-refractivity contribution < 1.29 is 27.7 Å². The summed E-state index contributed by atoms with van der Waals surface area (Å²) in [5, 5.41) is 10.9. The largest absolute Gasteiger partial charge is 0.343 e. The van der Waals surface area contributed by atoms with Crippen LogP contribution in [-0.2, 0) is 14.8 Å². The van der Waals surface area contributed by atoms with Crippen LogP contribution in [0, 0.1) is 10.1 Å². The number of sulfonamides is 1. The minimum absolute atomic E-state index is 0.000903. The topological polar surface area (TPSA) is 147 Å². The first kappa shape index (κ1) is 21.8. The van der Waals surface area contributed by atoms with Gasteiger partial charge in [-0.15, -0.1) is 0 Å². The Morgan fingerprint density at radius 1 is 1.20 bits per heavy atom. The highest BCUT2D eigenvalue weighted by Crippen LogP contribution is 2.27. The van der Waals surface area contributed by atoms with Gasteiger partial charge in [0.1, 0.15) is 0 Å². The zero-order valence-electron chi connectivity index (χ0n) is 16.4. The number of amides is 3. The number of fused-ring (bicyclic) bond motifs is 1. The lowest BCUT2D eigenvalue weighted by Gasteiger charge is -2.32. The van der Waals surface area contributed by atoms with Crippen molar-refractivity contribution in [1.29, 1.82) is 0 Å². The maximum absolute atomic E-state index is 12.4. The van der Waals surface area contributed by atoms with Gasteiger partial charge in [0.15, 0.2) is 0 Å². The highest BCUT2D eigenvalue weighted by Gasteiger charge is 2.36. The van der Waals surface area contributed by atoms with Crippen LogP contribution >= 0.6 is 0 Å². The van der Waals surface area contributed by atoms with Gasteiger partial charge in [0.05, 0.1) is 22.3 Å². The van der Waals surface area contributed by atoms with Crippen LogP contribution in [0.25, 0.3) is 0 Å². The predicted molar refractivity (Wildman–Crippen MR) is 105 cm³/mol. The van der Waals surface area contributed by atoms with Crippen LogP contribution in [-0.4, -0.2) is 72.8 Å². The highest BCUT2D eigenvalue weighted by molar-refractivity contribution is 7.88. The zero-order chi connectivity index (χ0) is 22.1. The first-order chi connectivity index (χ1) is 14.1. The lowest BCUT2D eigenvalue weighted by molar-refractivity contribution is -0.384. The van der Waals surface area contributed by atoms with E-state index < -0.39 is 26.8 Å². The van der Waals surface area contributed by atoms with Crippen molar-refractivity contribution in [3.05, 3.63) is 39.4 Å². The molecular weight excluding hydrogens is 416 g/mol. The quantitative estimate of drug-likeness (QED) is 0.371. The highest BCUT2D eigenvalue weighted by atomic mass is 32.2. The van der Waals surface area contributed by atoms with Gasteiger partial charge in [-0.05, 0) is 25.3 Å². The summed E-state index contributed by atoms with van der Waals surface area (Å²) in [5.41, 5.74) is -0.140. The van der Waals surface area contributed by atoms with Crippen molar-refractivity contribution in [2.45, 2.75) is 31.7 Å². The molecule has 2 heterocycles. The summed E-state index contributed by atoms with van der Waals surface area (Å²) in [6.45, 7) is 0.906. The number of nitrogens with one attached hydrogen (secondary N) is 1. The maximum atomic E-state index is 12.4. The SMILES string of the molecule is CS(=O)(=O)NC1CCN(C(=O)CCCN2C(=O)c3ccc([N+](=O)[O-])cc3C2=O)CC1.